The number of hydrogen-bond donors (Lipinski definition) is 2. The lowest BCUT2D eigenvalue weighted by Crippen LogP contribution is -2.36. The molecule has 4 nitrogen and oxygen atoms in total. The molecule has 1 atom stereocenters. The number of hydrogen-bond acceptors (Lipinski definition) is 3. The van der Waals surface area contributed by atoms with Crippen LogP contribution >= 0.6 is 0 Å². The topological polar surface area (TPSA) is 72.3 Å². The minimum absolute atomic E-state index is 0.0922. The summed E-state index contributed by atoms with van der Waals surface area (Å²) >= 11 is 0. The second-order valence-corrected chi connectivity index (χ2v) is 5.67. The van der Waals surface area contributed by atoms with E-state index in [-0.39, 0.29) is 11.9 Å². The van der Waals surface area contributed by atoms with Gasteiger partial charge in [0.15, 0.2) is 0 Å². The van der Waals surface area contributed by atoms with Crippen molar-refractivity contribution >= 4 is 11.6 Å². The lowest BCUT2D eigenvalue weighted by Gasteiger charge is -2.35. The molecule has 110 valence electrons. The van der Waals surface area contributed by atoms with E-state index in [1.54, 1.807) is 0 Å². The molecule has 1 heterocycles. The molecule has 1 aliphatic rings. The van der Waals surface area contributed by atoms with Crippen LogP contribution in [0.2, 0.25) is 0 Å². The molecule has 4 heteroatoms. The highest BCUT2D eigenvalue weighted by Crippen LogP contribution is 2.30. The summed E-state index contributed by atoms with van der Waals surface area (Å²) in [6.45, 7) is 4.07. The summed E-state index contributed by atoms with van der Waals surface area (Å²) in [6.07, 6.45) is 3.51. The van der Waals surface area contributed by atoms with Gasteiger partial charge in [-0.3, -0.25) is 4.79 Å². The van der Waals surface area contributed by atoms with Crippen molar-refractivity contribution in [2.75, 3.05) is 18.0 Å². The molecule has 1 aliphatic heterocycles. The SMILES string of the molecule is CC[C@H](N)c1ccccc1N1CCC(CC(N)=O)CC1. The van der Waals surface area contributed by atoms with E-state index in [9.17, 15) is 4.79 Å². The van der Waals surface area contributed by atoms with Crippen molar-refractivity contribution in [3.05, 3.63) is 29.8 Å². The fourth-order valence-corrected chi connectivity index (χ4v) is 2.97. The summed E-state index contributed by atoms with van der Waals surface area (Å²) in [7, 11) is 0. The maximum absolute atomic E-state index is 11.0. The normalized spacial score (nSPS) is 18.0. The molecule has 1 aromatic rings. The van der Waals surface area contributed by atoms with Gasteiger partial charge in [0.05, 0.1) is 0 Å². The second kappa shape index (κ2) is 6.75. The Morgan fingerprint density at radius 2 is 2.00 bits per heavy atom. The number of rotatable bonds is 5. The number of para-hydroxylation sites is 1. The molecular formula is C16H25N3O. The van der Waals surface area contributed by atoms with Crippen molar-refractivity contribution in [1.29, 1.82) is 0 Å². The van der Waals surface area contributed by atoms with Crippen molar-refractivity contribution in [3.8, 4) is 0 Å². The van der Waals surface area contributed by atoms with Crippen molar-refractivity contribution in [1.82, 2.24) is 0 Å². The lowest BCUT2D eigenvalue weighted by molar-refractivity contribution is -0.119. The van der Waals surface area contributed by atoms with E-state index in [1.807, 2.05) is 6.07 Å². The number of carbonyl (C=O) groups is 1. The van der Waals surface area contributed by atoms with Gasteiger partial charge in [0.2, 0.25) is 5.91 Å². The molecule has 1 saturated heterocycles. The first-order chi connectivity index (χ1) is 9.61. The van der Waals surface area contributed by atoms with Crippen LogP contribution < -0.4 is 16.4 Å². The number of amides is 1. The smallest absolute Gasteiger partial charge is 0.217 e. The predicted octanol–water partition coefficient (Wildman–Crippen LogP) is 2.19. The summed E-state index contributed by atoms with van der Waals surface area (Å²) in [5.74, 6) is 0.257. The van der Waals surface area contributed by atoms with Gasteiger partial charge >= 0.3 is 0 Å². The molecular weight excluding hydrogens is 250 g/mol. The van der Waals surface area contributed by atoms with Gasteiger partial charge in [0, 0.05) is 31.2 Å². The fraction of sp³-hybridized carbons (Fsp3) is 0.562. The van der Waals surface area contributed by atoms with Crippen LogP contribution in [0.15, 0.2) is 24.3 Å². The van der Waals surface area contributed by atoms with Gasteiger partial charge in [-0.25, -0.2) is 0 Å². The van der Waals surface area contributed by atoms with Gasteiger partial charge in [-0.15, -0.1) is 0 Å². The number of anilines is 1. The number of carbonyl (C=O) groups excluding carboxylic acids is 1. The molecule has 4 N–H and O–H groups in total. The van der Waals surface area contributed by atoms with E-state index in [0.29, 0.717) is 12.3 Å². The number of benzene rings is 1. The van der Waals surface area contributed by atoms with E-state index in [0.717, 1.165) is 32.4 Å². The van der Waals surface area contributed by atoms with Gasteiger partial charge in [-0.2, -0.15) is 0 Å². The molecule has 2 rings (SSSR count). The van der Waals surface area contributed by atoms with E-state index in [1.165, 1.54) is 11.3 Å². The maximum Gasteiger partial charge on any atom is 0.217 e. The molecule has 0 radical (unpaired) electrons. The summed E-state index contributed by atoms with van der Waals surface area (Å²) < 4.78 is 0. The van der Waals surface area contributed by atoms with Crippen molar-refractivity contribution in [3.63, 3.8) is 0 Å². The molecule has 20 heavy (non-hydrogen) atoms. The highest BCUT2D eigenvalue weighted by molar-refractivity contribution is 5.74. The Morgan fingerprint density at radius 3 is 2.60 bits per heavy atom. The van der Waals surface area contributed by atoms with Crippen molar-refractivity contribution < 1.29 is 4.79 Å². The minimum Gasteiger partial charge on any atom is -0.371 e. The van der Waals surface area contributed by atoms with Crippen LogP contribution in [-0.4, -0.2) is 19.0 Å². The van der Waals surface area contributed by atoms with E-state index in [2.05, 4.69) is 30.0 Å². The Kier molecular flexibility index (Phi) is 5.01. The molecule has 0 unspecified atom stereocenters. The van der Waals surface area contributed by atoms with Crippen LogP contribution in [0, 0.1) is 5.92 Å². The maximum atomic E-state index is 11.0. The molecule has 0 aromatic heterocycles. The molecule has 0 aliphatic carbocycles. The van der Waals surface area contributed by atoms with Crippen LogP contribution in [-0.2, 0) is 4.79 Å². The van der Waals surface area contributed by atoms with Crippen molar-refractivity contribution in [2.45, 2.75) is 38.6 Å². The third-order valence-electron chi connectivity index (χ3n) is 4.22. The lowest BCUT2D eigenvalue weighted by atomic mass is 9.92. The average Bonchev–Trinajstić information content (AvgIpc) is 2.46. The van der Waals surface area contributed by atoms with Crippen LogP contribution in [0.1, 0.15) is 44.2 Å². The highest BCUT2D eigenvalue weighted by Gasteiger charge is 2.22. The van der Waals surface area contributed by atoms with E-state index in [4.69, 9.17) is 11.5 Å². The van der Waals surface area contributed by atoms with Crippen LogP contribution in [0.25, 0.3) is 0 Å². The van der Waals surface area contributed by atoms with Crippen molar-refractivity contribution in [2.24, 2.45) is 17.4 Å². The predicted molar refractivity (Wildman–Crippen MR) is 82.4 cm³/mol. The molecule has 0 bridgehead atoms. The molecule has 0 spiro atoms. The summed E-state index contributed by atoms with van der Waals surface area (Å²) in [5, 5.41) is 0. The first-order valence-corrected chi connectivity index (χ1v) is 7.49. The van der Waals surface area contributed by atoms with Gasteiger partial charge < -0.3 is 16.4 Å². The summed E-state index contributed by atoms with van der Waals surface area (Å²) in [6, 6.07) is 8.48. The Bertz CT molecular complexity index is 453. The third-order valence-corrected chi connectivity index (χ3v) is 4.22. The molecule has 1 fully saturated rings. The van der Waals surface area contributed by atoms with Crippen LogP contribution in [0.5, 0.6) is 0 Å². The number of nitrogens with two attached hydrogens (primary N) is 2. The van der Waals surface area contributed by atoms with Gasteiger partial charge in [0.1, 0.15) is 0 Å². The largest absolute Gasteiger partial charge is 0.371 e. The number of piperidine rings is 1. The Balaban J connectivity index is 2.05. The van der Waals surface area contributed by atoms with E-state index < -0.39 is 0 Å². The second-order valence-electron chi connectivity index (χ2n) is 5.67. The highest BCUT2D eigenvalue weighted by atomic mass is 16.1. The zero-order chi connectivity index (χ0) is 14.5. The van der Waals surface area contributed by atoms with E-state index >= 15 is 0 Å². The van der Waals surface area contributed by atoms with Crippen LogP contribution in [0.3, 0.4) is 0 Å². The van der Waals surface area contributed by atoms with Gasteiger partial charge in [-0.05, 0) is 36.8 Å². The Morgan fingerprint density at radius 1 is 1.35 bits per heavy atom. The Hall–Kier alpha value is -1.55. The minimum atomic E-state index is -0.183. The van der Waals surface area contributed by atoms with Gasteiger partial charge in [0.25, 0.3) is 0 Å². The molecule has 1 aromatic carbocycles. The van der Waals surface area contributed by atoms with Crippen LogP contribution in [0.4, 0.5) is 5.69 Å². The fourth-order valence-electron chi connectivity index (χ4n) is 2.97. The quantitative estimate of drug-likeness (QED) is 0.865. The molecule has 1 amide bonds. The zero-order valence-corrected chi connectivity index (χ0v) is 12.2. The standard InChI is InChI=1S/C16H25N3O/c1-2-14(17)13-5-3-4-6-15(13)19-9-7-12(8-10-19)11-16(18)20/h3-6,12,14H,2,7-11,17H2,1H3,(H2,18,20)/t14-/m0/s1. The monoisotopic (exact) mass is 275 g/mol. The summed E-state index contributed by atoms with van der Waals surface area (Å²) in [4.78, 5) is 13.4. The average molecular weight is 275 g/mol. The summed E-state index contributed by atoms with van der Waals surface area (Å²) in [5.41, 5.74) is 14.0. The Labute approximate surface area is 121 Å². The third kappa shape index (κ3) is 3.51. The van der Waals surface area contributed by atoms with Gasteiger partial charge in [-0.1, -0.05) is 25.1 Å². The number of primary amides is 1. The first-order valence-electron chi connectivity index (χ1n) is 7.49. The first kappa shape index (κ1) is 14.9. The zero-order valence-electron chi connectivity index (χ0n) is 12.2. The molecule has 0 saturated carbocycles. The number of nitrogens with zero attached hydrogens (tertiary/aromatic N) is 1.